The lowest BCUT2D eigenvalue weighted by Crippen LogP contribution is -2.09. The fourth-order valence-electron chi connectivity index (χ4n) is 2.58. The SMILES string of the molecule is Cc1cccc(OCCOc2ccc3[nH]cc(CC(=O)O)c3c2)c1. The molecule has 3 aromatic rings. The van der Waals surface area contributed by atoms with Gasteiger partial charge in [0.2, 0.25) is 0 Å². The fourth-order valence-corrected chi connectivity index (χ4v) is 2.58. The summed E-state index contributed by atoms with van der Waals surface area (Å²) in [6.45, 7) is 2.87. The quantitative estimate of drug-likeness (QED) is 0.652. The minimum Gasteiger partial charge on any atom is -0.490 e. The minimum absolute atomic E-state index is 0.0140. The number of carboxylic acid groups (broad SMARTS) is 1. The molecule has 1 aromatic heterocycles. The molecule has 0 radical (unpaired) electrons. The number of ether oxygens (including phenoxy) is 2. The van der Waals surface area contributed by atoms with E-state index >= 15 is 0 Å². The van der Waals surface area contributed by atoms with Crippen molar-refractivity contribution in [2.75, 3.05) is 13.2 Å². The van der Waals surface area contributed by atoms with Gasteiger partial charge in [-0.05, 0) is 48.4 Å². The van der Waals surface area contributed by atoms with Gasteiger partial charge in [-0.25, -0.2) is 0 Å². The molecule has 0 unspecified atom stereocenters. The van der Waals surface area contributed by atoms with Gasteiger partial charge in [0, 0.05) is 17.1 Å². The van der Waals surface area contributed by atoms with E-state index in [1.807, 2.05) is 49.4 Å². The first kappa shape index (κ1) is 15.9. The predicted octanol–water partition coefficient (Wildman–Crippen LogP) is 3.56. The van der Waals surface area contributed by atoms with Crippen molar-refractivity contribution in [1.82, 2.24) is 4.98 Å². The third-order valence-electron chi connectivity index (χ3n) is 3.69. The van der Waals surface area contributed by atoms with Crippen LogP contribution in [0.4, 0.5) is 0 Å². The van der Waals surface area contributed by atoms with Crippen molar-refractivity contribution >= 4 is 16.9 Å². The van der Waals surface area contributed by atoms with Crippen LogP contribution in [0.5, 0.6) is 11.5 Å². The number of carboxylic acids is 1. The van der Waals surface area contributed by atoms with E-state index in [1.165, 1.54) is 0 Å². The maximum Gasteiger partial charge on any atom is 0.307 e. The van der Waals surface area contributed by atoms with E-state index in [0.717, 1.165) is 27.8 Å². The van der Waals surface area contributed by atoms with Gasteiger partial charge in [-0.1, -0.05) is 12.1 Å². The van der Waals surface area contributed by atoms with Crippen LogP contribution in [0.2, 0.25) is 0 Å². The molecule has 0 aliphatic heterocycles. The maximum absolute atomic E-state index is 10.9. The van der Waals surface area contributed by atoms with Crippen molar-refractivity contribution in [2.24, 2.45) is 0 Å². The summed E-state index contributed by atoms with van der Waals surface area (Å²) in [7, 11) is 0. The molecule has 0 bridgehead atoms. The molecule has 0 saturated heterocycles. The molecule has 5 nitrogen and oxygen atoms in total. The Balaban J connectivity index is 1.59. The number of aryl methyl sites for hydroxylation is 1. The Labute approximate surface area is 139 Å². The highest BCUT2D eigenvalue weighted by Crippen LogP contribution is 2.24. The second-order valence-corrected chi connectivity index (χ2v) is 5.61. The zero-order valence-corrected chi connectivity index (χ0v) is 13.4. The average molecular weight is 325 g/mol. The van der Waals surface area contributed by atoms with Crippen LogP contribution < -0.4 is 9.47 Å². The largest absolute Gasteiger partial charge is 0.490 e. The number of fused-ring (bicyclic) bond motifs is 1. The molecule has 3 rings (SSSR count). The summed E-state index contributed by atoms with van der Waals surface area (Å²) in [5, 5.41) is 9.82. The highest BCUT2D eigenvalue weighted by Gasteiger charge is 2.08. The van der Waals surface area contributed by atoms with E-state index in [9.17, 15) is 4.79 Å². The van der Waals surface area contributed by atoms with Crippen LogP contribution in [0.25, 0.3) is 10.9 Å². The van der Waals surface area contributed by atoms with Gasteiger partial charge in [0.1, 0.15) is 24.7 Å². The first-order valence-corrected chi connectivity index (χ1v) is 7.76. The highest BCUT2D eigenvalue weighted by molar-refractivity contribution is 5.87. The lowest BCUT2D eigenvalue weighted by atomic mass is 10.1. The van der Waals surface area contributed by atoms with E-state index < -0.39 is 5.97 Å². The molecule has 1 heterocycles. The van der Waals surface area contributed by atoms with Crippen molar-refractivity contribution < 1.29 is 19.4 Å². The Hall–Kier alpha value is -2.95. The summed E-state index contributed by atoms with van der Waals surface area (Å²) in [5.74, 6) is 0.666. The molecule has 0 spiro atoms. The van der Waals surface area contributed by atoms with E-state index in [-0.39, 0.29) is 6.42 Å². The number of aromatic nitrogens is 1. The lowest BCUT2D eigenvalue weighted by molar-refractivity contribution is -0.136. The number of aliphatic carboxylic acids is 1. The number of hydrogen-bond donors (Lipinski definition) is 2. The monoisotopic (exact) mass is 325 g/mol. The molecule has 0 atom stereocenters. The van der Waals surface area contributed by atoms with Crippen LogP contribution in [0.15, 0.2) is 48.7 Å². The molecule has 2 N–H and O–H groups in total. The van der Waals surface area contributed by atoms with Gasteiger partial charge >= 0.3 is 5.97 Å². The van der Waals surface area contributed by atoms with Gasteiger partial charge in [0.25, 0.3) is 0 Å². The number of hydrogen-bond acceptors (Lipinski definition) is 3. The Morgan fingerprint density at radius 3 is 2.54 bits per heavy atom. The van der Waals surface area contributed by atoms with Crippen LogP contribution >= 0.6 is 0 Å². The van der Waals surface area contributed by atoms with Gasteiger partial charge in [-0.3, -0.25) is 4.79 Å². The summed E-state index contributed by atoms with van der Waals surface area (Å²) in [6, 6.07) is 13.5. The van der Waals surface area contributed by atoms with Crippen molar-refractivity contribution in [3.8, 4) is 11.5 Å². The van der Waals surface area contributed by atoms with Gasteiger partial charge in [-0.2, -0.15) is 0 Å². The number of rotatable bonds is 7. The summed E-state index contributed by atoms with van der Waals surface area (Å²) in [4.78, 5) is 14.0. The van der Waals surface area contributed by atoms with E-state index in [1.54, 1.807) is 6.20 Å². The minimum atomic E-state index is -0.853. The Kier molecular flexibility index (Phi) is 4.70. The molecule has 2 aromatic carbocycles. The molecule has 0 amide bonds. The second kappa shape index (κ2) is 7.08. The smallest absolute Gasteiger partial charge is 0.307 e. The molecule has 0 aliphatic rings. The Morgan fingerprint density at radius 2 is 1.83 bits per heavy atom. The standard InChI is InChI=1S/C19H19NO4/c1-13-3-2-4-15(9-13)23-7-8-24-16-5-6-18-17(11-16)14(12-20-18)10-19(21)22/h2-6,9,11-12,20H,7-8,10H2,1H3,(H,21,22). The van der Waals surface area contributed by atoms with E-state index in [2.05, 4.69) is 4.98 Å². The number of benzene rings is 2. The van der Waals surface area contributed by atoms with Gasteiger partial charge in [0.15, 0.2) is 0 Å². The molecule has 0 saturated carbocycles. The van der Waals surface area contributed by atoms with Crippen molar-refractivity contribution in [2.45, 2.75) is 13.3 Å². The van der Waals surface area contributed by atoms with Crippen molar-refractivity contribution in [3.63, 3.8) is 0 Å². The molecule has 0 fully saturated rings. The predicted molar refractivity (Wildman–Crippen MR) is 91.8 cm³/mol. The van der Waals surface area contributed by atoms with E-state index in [0.29, 0.717) is 19.0 Å². The zero-order valence-electron chi connectivity index (χ0n) is 13.4. The summed E-state index contributed by atoms with van der Waals surface area (Å²) >= 11 is 0. The van der Waals surface area contributed by atoms with Crippen molar-refractivity contribution in [3.05, 3.63) is 59.8 Å². The Bertz CT molecular complexity index is 853. The van der Waals surface area contributed by atoms with Crippen LogP contribution in [0.3, 0.4) is 0 Å². The van der Waals surface area contributed by atoms with Crippen LogP contribution in [-0.4, -0.2) is 29.3 Å². The summed E-state index contributed by atoms with van der Waals surface area (Å²) < 4.78 is 11.4. The maximum atomic E-state index is 10.9. The fraction of sp³-hybridized carbons (Fsp3) is 0.211. The number of nitrogens with one attached hydrogen (secondary N) is 1. The average Bonchev–Trinajstić information content (AvgIpc) is 2.93. The summed E-state index contributed by atoms with van der Waals surface area (Å²) in [6.07, 6.45) is 1.71. The number of carbonyl (C=O) groups is 1. The Morgan fingerprint density at radius 1 is 1.08 bits per heavy atom. The first-order valence-electron chi connectivity index (χ1n) is 7.76. The molecule has 124 valence electrons. The molecule has 5 heteroatoms. The van der Waals surface area contributed by atoms with Crippen LogP contribution in [0.1, 0.15) is 11.1 Å². The highest BCUT2D eigenvalue weighted by atomic mass is 16.5. The normalized spacial score (nSPS) is 10.7. The zero-order chi connectivity index (χ0) is 16.9. The first-order chi connectivity index (χ1) is 11.6. The molecular weight excluding hydrogens is 306 g/mol. The third kappa shape index (κ3) is 3.87. The molecule has 24 heavy (non-hydrogen) atoms. The third-order valence-corrected chi connectivity index (χ3v) is 3.69. The van der Waals surface area contributed by atoms with E-state index in [4.69, 9.17) is 14.6 Å². The van der Waals surface area contributed by atoms with Gasteiger partial charge in [0.05, 0.1) is 6.42 Å². The summed E-state index contributed by atoms with van der Waals surface area (Å²) in [5.41, 5.74) is 2.80. The van der Waals surface area contributed by atoms with Crippen molar-refractivity contribution in [1.29, 1.82) is 0 Å². The molecule has 0 aliphatic carbocycles. The van der Waals surface area contributed by atoms with Crippen LogP contribution in [-0.2, 0) is 11.2 Å². The number of aromatic amines is 1. The second-order valence-electron chi connectivity index (χ2n) is 5.61. The topological polar surface area (TPSA) is 71.5 Å². The lowest BCUT2D eigenvalue weighted by Gasteiger charge is -2.09. The molecular formula is C19H19NO4. The van der Waals surface area contributed by atoms with Crippen LogP contribution in [0, 0.1) is 6.92 Å². The van der Waals surface area contributed by atoms with Gasteiger partial charge < -0.3 is 19.6 Å². The van der Waals surface area contributed by atoms with Gasteiger partial charge in [-0.15, -0.1) is 0 Å². The number of H-pyrrole nitrogens is 1.